The number of fused-ring (bicyclic) bond motifs is 1. The van der Waals surface area contributed by atoms with Gasteiger partial charge < -0.3 is 0 Å². The molecular formula is C25H20O2. The summed E-state index contributed by atoms with van der Waals surface area (Å²) in [5, 5.41) is 0. The van der Waals surface area contributed by atoms with Gasteiger partial charge in [-0.2, -0.15) is 0 Å². The van der Waals surface area contributed by atoms with Crippen molar-refractivity contribution in [3.8, 4) is 0 Å². The van der Waals surface area contributed by atoms with E-state index in [0.717, 1.165) is 34.3 Å². The molecule has 0 saturated carbocycles. The Morgan fingerprint density at radius 3 is 2.00 bits per heavy atom. The maximum atomic E-state index is 13.2. The second kappa shape index (κ2) is 7.55. The van der Waals surface area contributed by atoms with Gasteiger partial charge in [-0.1, -0.05) is 84.9 Å². The molecule has 0 radical (unpaired) electrons. The van der Waals surface area contributed by atoms with Gasteiger partial charge in [-0.3, -0.25) is 9.59 Å². The van der Waals surface area contributed by atoms with Gasteiger partial charge in [0.25, 0.3) is 0 Å². The van der Waals surface area contributed by atoms with E-state index in [4.69, 9.17) is 0 Å². The molecule has 2 nitrogen and oxygen atoms in total. The van der Waals surface area contributed by atoms with E-state index in [0.29, 0.717) is 12.0 Å². The number of allylic oxidation sites excluding steroid dienone is 2. The summed E-state index contributed by atoms with van der Waals surface area (Å²) in [6.07, 6.45) is 1.73. The van der Waals surface area contributed by atoms with Crippen molar-refractivity contribution in [2.24, 2.45) is 0 Å². The predicted molar refractivity (Wildman–Crippen MR) is 108 cm³/mol. The van der Waals surface area contributed by atoms with Crippen molar-refractivity contribution in [3.63, 3.8) is 0 Å². The van der Waals surface area contributed by atoms with E-state index in [1.54, 1.807) is 0 Å². The monoisotopic (exact) mass is 352 g/mol. The fourth-order valence-electron chi connectivity index (χ4n) is 3.69. The molecule has 27 heavy (non-hydrogen) atoms. The quantitative estimate of drug-likeness (QED) is 0.456. The van der Waals surface area contributed by atoms with Gasteiger partial charge in [0.15, 0.2) is 11.6 Å². The summed E-state index contributed by atoms with van der Waals surface area (Å²) >= 11 is 0. The Bertz CT molecular complexity index is 1010. The lowest BCUT2D eigenvalue weighted by molar-refractivity contribution is 0.0998. The molecule has 0 spiro atoms. The average molecular weight is 352 g/mol. The van der Waals surface area contributed by atoms with E-state index in [-0.39, 0.29) is 18.0 Å². The minimum absolute atomic E-state index is 0.0358. The highest BCUT2D eigenvalue weighted by atomic mass is 16.1. The molecule has 1 aliphatic carbocycles. The number of Topliss-reactive ketones (excluding diaryl/α,β-unsaturated/α-hetero) is 2. The standard InChI is InChI=1S/C25H20O2/c26-24(20-12-5-2-6-13-20)17-23(18-9-3-1-4-10-18)22-16-15-19-11-7-8-14-21(19)25(22)27/h1-14H,15-17H2/b23-22+. The van der Waals surface area contributed by atoms with Crippen LogP contribution in [0.1, 0.15) is 44.7 Å². The smallest absolute Gasteiger partial charge is 0.189 e. The summed E-state index contributed by atoms with van der Waals surface area (Å²) in [4.78, 5) is 26.1. The van der Waals surface area contributed by atoms with E-state index in [2.05, 4.69) is 0 Å². The third kappa shape index (κ3) is 3.52. The summed E-state index contributed by atoms with van der Waals surface area (Å²) in [7, 11) is 0. The molecule has 3 aromatic carbocycles. The third-order valence-electron chi connectivity index (χ3n) is 5.10. The fourth-order valence-corrected chi connectivity index (χ4v) is 3.69. The van der Waals surface area contributed by atoms with E-state index in [1.165, 1.54) is 0 Å². The second-order valence-electron chi connectivity index (χ2n) is 6.78. The molecule has 0 heterocycles. The molecule has 4 rings (SSSR count). The van der Waals surface area contributed by atoms with Crippen LogP contribution < -0.4 is 0 Å². The third-order valence-corrected chi connectivity index (χ3v) is 5.10. The predicted octanol–water partition coefficient (Wildman–Crippen LogP) is 5.54. The van der Waals surface area contributed by atoms with Crippen molar-refractivity contribution in [2.75, 3.05) is 0 Å². The summed E-state index contributed by atoms with van der Waals surface area (Å²) in [6, 6.07) is 26.9. The largest absolute Gasteiger partial charge is 0.294 e. The van der Waals surface area contributed by atoms with Gasteiger partial charge in [0, 0.05) is 23.1 Å². The number of aryl methyl sites for hydroxylation is 1. The van der Waals surface area contributed by atoms with E-state index in [1.807, 2.05) is 84.9 Å². The van der Waals surface area contributed by atoms with Crippen LogP contribution in [-0.4, -0.2) is 11.6 Å². The van der Waals surface area contributed by atoms with Crippen LogP contribution in [0, 0.1) is 0 Å². The molecule has 0 fully saturated rings. The van der Waals surface area contributed by atoms with Crippen molar-refractivity contribution in [1.29, 1.82) is 0 Å². The Hall–Kier alpha value is -3.26. The number of benzene rings is 3. The molecule has 132 valence electrons. The lowest BCUT2D eigenvalue weighted by Gasteiger charge is -2.21. The Kier molecular flexibility index (Phi) is 4.80. The molecule has 1 aliphatic rings. The zero-order valence-electron chi connectivity index (χ0n) is 15.0. The first-order chi connectivity index (χ1) is 13.2. The number of hydrogen-bond acceptors (Lipinski definition) is 2. The van der Waals surface area contributed by atoms with Crippen LogP contribution >= 0.6 is 0 Å². The van der Waals surface area contributed by atoms with Crippen LogP contribution in [0.25, 0.3) is 5.57 Å². The highest BCUT2D eigenvalue weighted by Gasteiger charge is 2.26. The SMILES string of the molecule is O=C(C/C(=C1/CCc2ccccc2C1=O)c1ccccc1)c1ccccc1. The first-order valence-corrected chi connectivity index (χ1v) is 9.22. The molecular weight excluding hydrogens is 332 g/mol. The minimum Gasteiger partial charge on any atom is -0.294 e. The van der Waals surface area contributed by atoms with Crippen molar-refractivity contribution >= 4 is 17.1 Å². The highest BCUT2D eigenvalue weighted by molar-refractivity contribution is 6.17. The molecule has 0 aromatic heterocycles. The van der Waals surface area contributed by atoms with Crippen LogP contribution in [0.5, 0.6) is 0 Å². The first kappa shape index (κ1) is 17.2. The van der Waals surface area contributed by atoms with Gasteiger partial charge in [-0.25, -0.2) is 0 Å². The lowest BCUT2D eigenvalue weighted by Crippen LogP contribution is -2.16. The van der Waals surface area contributed by atoms with Crippen molar-refractivity contribution in [3.05, 3.63) is 113 Å². The summed E-state index contributed by atoms with van der Waals surface area (Å²) in [5.74, 6) is 0.0881. The number of rotatable bonds is 4. The Morgan fingerprint density at radius 2 is 1.30 bits per heavy atom. The lowest BCUT2D eigenvalue weighted by atomic mass is 9.81. The minimum atomic E-state index is 0.0358. The fraction of sp³-hybridized carbons (Fsp3) is 0.120. The Balaban J connectivity index is 1.78. The van der Waals surface area contributed by atoms with Gasteiger partial charge >= 0.3 is 0 Å². The molecule has 2 heteroatoms. The van der Waals surface area contributed by atoms with Crippen LogP contribution in [0.3, 0.4) is 0 Å². The maximum Gasteiger partial charge on any atom is 0.189 e. The Morgan fingerprint density at radius 1 is 0.704 bits per heavy atom. The number of hydrogen-bond donors (Lipinski definition) is 0. The van der Waals surface area contributed by atoms with Gasteiger partial charge in [-0.15, -0.1) is 0 Å². The topological polar surface area (TPSA) is 34.1 Å². The number of carbonyl (C=O) groups is 2. The normalized spacial score (nSPS) is 15.2. The van der Waals surface area contributed by atoms with Crippen molar-refractivity contribution in [1.82, 2.24) is 0 Å². The summed E-state index contributed by atoms with van der Waals surface area (Å²) < 4.78 is 0. The van der Waals surface area contributed by atoms with Gasteiger partial charge in [0.05, 0.1) is 0 Å². The van der Waals surface area contributed by atoms with Crippen LogP contribution in [0.2, 0.25) is 0 Å². The highest BCUT2D eigenvalue weighted by Crippen LogP contribution is 2.33. The molecule has 0 aliphatic heterocycles. The van der Waals surface area contributed by atoms with Crippen molar-refractivity contribution in [2.45, 2.75) is 19.3 Å². The number of ketones is 2. The van der Waals surface area contributed by atoms with Crippen LogP contribution in [-0.2, 0) is 6.42 Å². The number of carbonyl (C=O) groups excluding carboxylic acids is 2. The molecule has 0 amide bonds. The second-order valence-corrected chi connectivity index (χ2v) is 6.78. The average Bonchev–Trinajstić information content (AvgIpc) is 2.74. The van der Waals surface area contributed by atoms with Gasteiger partial charge in [0.1, 0.15) is 0 Å². The van der Waals surface area contributed by atoms with E-state index < -0.39 is 0 Å². The maximum absolute atomic E-state index is 13.2. The summed E-state index contributed by atoms with van der Waals surface area (Å²) in [5.41, 5.74) is 5.10. The molecule has 0 saturated heterocycles. The zero-order chi connectivity index (χ0) is 18.6. The van der Waals surface area contributed by atoms with Gasteiger partial charge in [0.2, 0.25) is 0 Å². The molecule has 0 N–H and O–H groups in total. The summed E-state index contributed by atoms with van der Waals surface area (Å²) in [6.45, 7) is 0. The molecule has 0 atom stereocenters. The van der Waals surface area contributed by atoms with E-state index in [9.17, 15) is 9.59 Å². The van der Waals surface area contributed by atoms with Crippen molar-refractivity contribution < 1.29 is 9.59 Å². The Labute approximate surface area is 159 Å². The first-order valence-electron chi connectivity index (χ1n) is 9.22. The van der Waals surface area contributed by atoms with Crippen LogP contribution in [0.15, 0.2) is 90.5 Å². The molecule has 3 aromatic rings. The van der Waals surface area contributed by atoms with Crippen LogP contribution in [0.4, 0.5) is 0 Å². The van der Waals surface area contributed by atoms with E-state index >= 15 is 0 Å². The molecule has 0 unspecified atom stereocenters. The van der Waals surface area contributed by atoms with Gasteiger partial charge in [-0.05, 0) is 29.5 Å². The molecule has 0 bridgehead atoms. The zero-order valence-corrected chi connectivity index (χ0v) is 15.0.